The van der Waals surface area contributed by atoms with E-state index in [1.54, 1.807) is 0 Å². The van der Waals surface area contributed by atoms with Crippen LogP contribution in [0.25, 0.3) is 0 Å². The first kappa shape index (κ1) is 14.2. The predicted molar refractivity (Wildman–Crippen MR) is 67.6 cm³/mol. The Labute approximate surface area is 106 Å². The fraction of sp³-hybridized carbons (Fsp3) is 0.429. The minimum absolute atomic E-state index is 0.250. The number of benzene rings is 1. The van der Waals surface area contributed by atoms with E-state index in [4.69, 9.17) is 10.2 Å². The molecule has 0 bridgehead atoms. The van der Waals surface area contributed by atoms with Crippen molar-refractivity contribution in [3.05, 3.63) is 35.4 Å². The lowest BCUT2D eigenvalue weighted by Crippen LogP contribution is -2.20. The second-order valence-corrected chi connectivity index (χ2v) is 4.73. The molecular weight excluding hydrogens is 232 g/mol. The average Bonchev–Trinajstić information content (AvgIpc) is 2.28. The monoisotopic (exact) mass is 250 g/mol. The van der Waals surface area contributed by atoms with Crippen LogP contribution in [0.15, 0.2) is 24.3 Å². The Bertz CT molecular complexity index is 420. The first-order valence-electron chi connectivity index (χ1n) is 5.93. The van der Waals surface area contributed by atoms with Gasteiger partial charge >= 0.3 is 11.9 Å². The van der Waals surface area contributed by atoms with E-state index in [1.165, 1.54) is 5.56 Å². The standard InChI is InChI=1S/C14H18O4/c1-9(2)11-5-3-10(4-6-11)7-12(14(17)18)8-13(15)16/h3-6,9,12H,7-8H2,1-2H3,(H,15,16)(H,17,18). The molecule has 0 aliphatic heterocycles. The zero-order valence-corrected chi connectivity index (χ0v) is 10.6. The second-order valence-electron chi connectivity index (χ2n) is 4.73. The molecule has 4 heteroatoms. The lowest BCUT2D eigenvalue weighted by molar-refractivity contribution is -0.148. The van der Waals surface area contributed by atoms with Crippen molar-refractivity contribution >= 4 is 11.9 Å². The second kappa shape index (κ2) is 6.19. The van der Waals surface area contributed by atoms with Gasteiger partial charge in [0.1, 0.15) is 0 Å². The van der Waals surface area contributed by atoms with Crippen LogP contribution in [0.2, 0.25) is 0 Å². The molecule has 0 spiro atoms. The summed E-state index contributed by atoms with van der Waals surface area (Å²) in [4.78, 5) is 21.5. The first-order valence-corrected chi connectivity index (χ1v) is 5.93. The van der Waals surface area contributed by atoms with Crippen LogP contribution in [0.1, 0.15) is 37.3 Å². The molecule has 18 heavy (non-hydrogen) atoms. The largest absolute Gasteiger partial charge is 0.481 e. The molecule has 0 saturated heterocycles. The van der Waals surface area contributed by atoms with Crippen LogP contribution in [0.4, 0.5) is 0 Å². The summed E-state index contributed by atoms with van der Waals surface area (Å²) in [7, 11) is 0. The van der Waals surface area contributed by atoms with E-state index < -0.39 is 17.9 Å². The number of rotatable bonds is 6. The molecule has 0 fully saturated rings. The molecule has 1 aromatic carbocycles. The molecule has 0 amide bonds. The van der Waals surface area contributed by atoms with Crippen molar-refractivity contribution < 1.29 is 19.8 Å². The van der Waals surface area contributed by atoms with Crippen molar-refractivity contribution in [2.75, 3.05) is 0 Å². The topological polar surface area (TPSA) is 74.6 Å². The Balaban J connectivity index is 2.75. The van der Waals surface area contributed by atoms with Crippen LogP contribution in [-0.4, -0.2) is 22.2 Å². The summed E-state index contributed by atoms with van der Waals surface area (Å²) in [5.41, 5.74) is 2.04. The van der Waals surface area contributed by atoms with Crippen LogP contribution >= 0.6 is 0 Å². The van der Waals surface area contributed by atoms with E-state index in [1.807, 2.05) is 24.3 Å². The van der Waals surface area contributed by atoms with Gasteiger partial charge in [0.05, 0.1) is 12.3 Å². The highest BCUT2D eigenvalue weighted by Crippen LogP contribution is 2.18. The Morgan fingerprint density at radius 3 is 2.06 bits per heavy atom. The molecular formula is C14H18O4. The highest BCUT2D eigenvalue weighted by atomic mass is 16.4. The third kappa shape index (κ3) is 4.20. The zero-order chi connectivity index (χ0) is 13.7. The lowest BCUT2D eigenvalue weighted by Gasteiger charge is -2.11. The highest BCUT2D eigenvalue weighted by molar-refractivity contribution is 5.78. The van der Waals surface area contributed by atoms with Gasteiger partial charge in [0, 0.05) is 0 Å². The SMILES string of the molecule is CC(C)c1ccc(CC(CC(=O)O)C(=O)O)cc1. The number of hydrogen-bond donors (Lipinski definition) is 2. The molecule has 0 saturated carbocycles. The molecule has 2 N–H and O–H groups in total. The van der Waals surface area contributed by atoms with Gasteiger partial charge in [0.25, 0.3) is 0 Å². The smallest absolute Gasteiger partial charge is 0.307 e. The average molecular weight is 250 g/mol. The van der Waals surface area contributed by atoms with Gasteiger partial charge in [0.15, 0.2) is 0 Å². The zero-order valence-electron chi connectivity index (χ0n) is 10.6. The third-order valence-electron chi connectivity index (χ3n) is 2.90. The molecule has 0 heterocycles. The van der Waals surface area contributed by atoms with Gasteiger partial charge < -0.3 is 10.2 Å². The van der Waals surface area contributed by atoms with Gasteiger partial charge in [-0.3, -0.25) is 9.59 Å². The summed E-state index contributed by atoms with van der Waals surface area (Å²) in [5.74, 6) is -2.59. The van der Waals surface area contributed by atoms with Crippen LogP contribution in [0.3, 0.4) is 0 Å². The molecule has 0 aromatic heterocycles. The van der Waals surface area contributed by atoms with Crippen LogP contribution in [0.5, 0.6) is 0 Å². The fourth-order valence-corrected chi connectivity index (χ4v) is 1.78. The lowest BCUT2D eigenvalue weighted by atomic mass is 9.94. The molecule has 1 unspecified atom stereocenters. The van der Waals surface area contributed by atoms with Crippen molar-refractivity contribution in [1.82, 2.24) is 0 Å². The van der Waals surface area contributed by atoms with Gasteiger partial charge in [0.2, 0.25) is 0 Å². The van der Waals surface area contributed by atoms with E-state index in [-0.39, 0.29) is 12.8 Å². The Hall–Kier alpha value is -1.84. The van der Waals surface area contributed by atoms with Gasteiger partial charge in [-0.25, -0.2) is 0 Å². The van der Waals surface area contributed by atoms with E-state index in [2.05, 4.69) is 13.8 Å². The van der Waals surface area contributed by atoms with Crippen molar-refractivity contribution in [2.45, 2.75) is 32.6 Å². The summed E-state index contributed by atoms with van der Waals surface area (Å²) in [5, 5.41) is 17.6. The summed E-state index contributed by atoms with van der Waals surface area (Å²) in [6.45, 7) is 4.17. The van der Waals surface area contributed by atoms with E-state index in [9.17, 15) is 9.59 Å². The predicted octanol–water partition coefficient (Wildman–Crippen LogP) is 2.53. The van der Waals surface area contributed by atoms with Gasteiger partial charge in [-0.05, 0) is 23.5 Å². The number of carboxylic acid groups (broad SMARTS) is 2. The summed E-state index contributed by atoms with van der Waals surface area (Å²) < 4.78 is 0. The summed E-state index contributed by atoms with van der Waals surface area (Å²) >= 11 is 0. The van der Waals surface area contributed by atoms with E-state index >= 15 is 0 Å². The van der Waals surface area contributed by atoms with Crippen molar-refractivity contribution in [1.29, 1.82) is 0 Å². The minimum atomic E-state index is -1.08. The number of carbonyl (C=O) groups is 2. The maximum Gasteiger partial charge on any atom is 0.307 e. The van der Waals surface area contributed by atoms with E-state index in [0.717, 1.165) is 5.56 Å². The summed E-state index contributed by atoms with van der Waals surface area (Å²) in [6.07, 6.45) is -0.0960. The fourth-order valence-electron chi connectivity index (χ4n) is 1.78. The molecule has 1 aromatic rings. The molecule has 1 rings (SSSR count). The minimum Gasteiger partial charge on any atom is -0.481 e. The number of hydrogen-bond acceptors (Lipinski definition) is 2. The van der Waals surface area contributed by atoms with Crippen LogP contribution in [-0.2, 0) is 16.0 Å². The summed E-state index contributed by atoms with van der Waals surface area (Å²) in [6, 6.07) is 7.65. The van der Waals surface area contributed by atoms with Crippen molar-refractivity contribution in [3.8, 4) is 0 Å². The molecule has 98 valence electrons. The van der Waals surface area contributed by atoms with Crippen molar-refractivity contribution in [2.24, 2.45) is 5.92 Å². The maximum atomic E-state index is 11.0. The van der Waals surface area contributed by atoms with E-state index in [0.29, 0.717) is 5.92 Å². The molecule has 4 nitrogen and oxygen atoms in total. The molecule has 0 radical (unpaired) electrons. The maximum absolute atomic E-state index is 11.0. The number of carboxylic acids is 2. The number of aliphatic carboxylic acids is 2. The molecule has 0 aliphatic rings. The quantitative estimate of drug-likeness (QED) is 0.813. The van der Waals surface area contributed by atoms with Gasteiger partial charge in [-0.1, -0.05) is 38.1 Å². The highest BCUT2D eigenvalue weighted by Gasteiger charge is 2.21. The van der Waals surface area contributed by atoms with Gasteiger partial charge in [-0.15, -0.1) is 0 Å². The molecule has 0 aliphatic carbocycles. The third-order valence-corrected chi connectivity index (χ3v) is 2.90. The van der Waals surface area contributed by atoms with Gasteiger partial charge in [-0.2, -0.15) is 0 Å². The Morgan fingerprint density at radius 2 is 1.67 bits per heavy atom. The Kier molecular flexibility index (Phi) is 4.89. The van der Waals surface area contributed by atoms with Crippen molar-refractivity contribution in [3.63, 3.8) is 0 Å². The normalized spacial score (nSPS) is 12.4. The first-order chi connectivity index (χ1) is 8.40. The van der Waals surface area contributed by atoms with Crippen LogP contribution in [0, 0.1) is 5.92 Å². The Morgan fingerprint density at radius 1 is 1.11 bits per heavy atom. The van der Waals surface area contributed by atoms with Crippen LogP contribution < -0.4 is 0 Å². The molecule has 1 atom stereocenters.